The lowest BCUT2D eigenvalue weighted by molar-refractivity contribution is -0.132. The normalized spacial score (nSPS) is 16.0. The molecule has 0 aromatic heterocycles. The van der Waals surface area contributed by atoms with Gasteiger partial charge in [-0.3, -0.25) is 4.79 Å². The van der Waals surface area contributed by atoms with E-state index in [1.54, 1.807) is 24.1 Å². The lowest BCUT2D eigenvalue weighted by atomic mass is 10.3. The van der Waals surface area contributed by atoms with Gasteiger partial charge in [-0.1, -0.05) is 11.6 Å². The second kappa shape index (κ2) is 8.84. The molecule has 1 aliphatic rings. The van der Waals surface area contributed by atoms with Crippen LogP contribution in [-0.2, 0) is 14.8 Å². The van der Waals surface area contributed by atoms with Crippen LogP contribution in [0.15, 0.2) is 29.2 Å². The highest BCUT2D eigenvalue weighted by molar-refractivity contribution is 7.89. The molecule has 6 nitrogen and oxygen atoms in total. The maximum Gasteiger partial charge on any atom is 0.243 e. The highest BCUT2D eigenvalue weighted by Gasteiger charge is 2.29. The first-order valence-electron chi connectivity index (χ1n) is 7.13. The van der Waals surface area contributed by atoms with Crippen LogP contribution >= 0.6 is 24.0 Å². The fourth-order valence-corrected chi connectivity index (χ4v) is 3.87. The minimum absolute atomic E-state index is 0. The summed E-state index contributed by atoms with van der Waals surface area (Å²) in [4.78, 5) is 13.9. The van der Waals surface area contributed by atoms with Crippen molar-refractivity contribution in [3.63, 3.8) is 0 Å². The van der Waals surface area contributed by atoms with Crippen molar-refractivity contribution in [3.8, 4) is 0 Å². The summed E-state index contributed by atoms with van der Waals surface area (Å²) in [6.07, 6.45) is 0.431. The van der Waals surface area contributed by atoms with Crippen LogP contribution in [0.3, 0.4) is 0 Å². The molecule has 130 valence electrons. The molecule has 9 heteroatoms. The second-order valence-electron chi connectivity index (χ2n) is 5.09. The number of hydrogen-bond acceptors (Lipinski definition) is 4. The summed E-state index contributed by atoms with van der Waals surface area (Å²) in [5.74, 6) is 0.0536. The molecule has 1 heterocycles. The van der Waals surface area contributed by atoms with Crippen LogP contribution in [0.2, 0.25) is 5.02 Å². The van der Waals surface area contributed by atoms with Crippen molar-refractivity contribution in [1.29, 1.82) is 0 Å². The Labute approximate surface area is 148 Å². The summed E-state index contributed by atoms with van der Waals surface area (Å²) < 4.78 is 26.4. The third kappa shape index (κ3) is 5.06. The first-order valence-corrected chi connectivity index (χ1v) is 8.95. The van der Waals surface area contributed by atoms with Gasteiger partial charge in [0.25, 0.3) is 0 Å². The largest absolute Gasteiger partial charge is 0.340 e. The van der Waals surface area contributed by atoms with Gasteiger partial charge in [-0.2, -0.15) is 4.31 Å². The third-order valence-electron chi connectivity index (χ3n) is 3.63. The monoisotopic (exact) mass is 381 g/mol. The summed E-state index contributed by atoms with van der Waals surface area (Å²) in [5.41, 5.74) is 0. The molecule has 1 N–H and O–H groups in total. The molecule has 1 aromatic rings. The maximum atomic E-state index is 12.5. The molecule has 1 saturated heterocycles. The van der Waals surface area contributed by atoms with E-state index in [9.17, 15) is 13.2 Å². The number of sulfonamides is 1. The van der Waals surface area contributed by atoms with E-state index in [0.29, 0.717) is 44.2 Å². The summed E-state index contributed by atoms with van der Waals surface area (Å²) in [5, 5.41) is 3.43. The van der Waals surface area contributed by atoms with E-state index in [1.165, 1.54) is 16.4 Å². The van der Waals surface area contributed by atoms with Crippen molar-refractivity contribution in [1.82, 2.24) is 14.5 Å². The van der Waals surface area contributed by atoms with Crippen molar-refractivity contribution < 1.29 is 13.2 Å². The maximum absolute atomic E-state index is 12.5. The highest BCUT2D eigenvalue weighted by Crippen LogP contribution is 2.20. The fourth-order valence-electron chi connectivity index (χ4n) is 2.32. The third-order valence-corrected chi connectivity index (χ3v) is 5.80. The van der Waals surface area contributed by atoms with E-state index in [4.69, 9.17) is 11.6 Å². The molecule has 0 bridgehead atoms. The molecule has 0 unspecified atom stereocenters. The molecule has 1 fully saturated rings. The van der Waals surface area contributed by atoms with Gasteiger partial charge in [0.15, 0.2) is 0 Å². The molecular weight excluding hydrogens is 361 g/mol. The standard InChI is InChI=1S/C14H20ClN3O3S.ClH/c1-16-7-6-14(19)17-8-10-18(11-9-17)22(20,21)13-4-2-12(15)3-5-13;/h2-5,16H,6-11H2,1H3;1H. The van der Waals surface area contributed by atoms with Gasteiger partial charge in [0.05, 0.1) is 4.90 Å². The van der Waals surface area contributed by atoms with Gasteiger partial charge in [-0.25, -0.2) is 8.42 Å². The van der Waals surface area contributed by atoms with Crippen LogP contribution in [0.4, 0.5) is 0 Å². The molecular formula is C14H21Cl2N3O3S. The van der Waals surface area contributed by atoms with Crippen LogP contribution in [-0.4, -0.2) is 63.3 Å². The Balaban J connectivity index is 0.00000264. The Hall–Kier alpha value is -0.860. The van der Waals surface area contributed by atoms with Crippen molar-refractivity contribution in [2.75, 3.05) is 39.8 Å². The van der Waals surface area contributed by atoms with Crippen LogP contribution in [0.25, 0.3) is 0 Å². The Morgan fingerprint density at radius 2 is 1.74 bits per heavy atom. The van der Waals surface area contributed by atoms with Crippen LogP contribution < -0.4 is 5.32 Å². The first-order chi connectivity index (χ1) is 10.4. The average molecular weight is 382 g/mol. The highest BCUT2D eigenvalue weighted by atomic mass is 35.5. The number of halogens is 2. The van der Waals surface area contributed by atoms with Gasteiger partial charge in [0, 0.05) is 44.2 Å². The number of nitrogens with one attached hydrogen (secondary N) is 1. The van der Waals surface area contributed by atoms with E-state index in [2.05, 4.69) is 5.32 Å². The number of hydrogen-bond donors (Lipinski definition) is 1. The molecule has 0 saturated carbocycles. The lowest BCUT2D eigenvalue weighted by Crippen LogP contribution is -2.50. The quantitative estimate of drug-likeness (QED) is 0.831. The molecule has 1 aliphatic heterocycles. The van der Waals surface area contributed by atoms with E-state index in [-0.39, 0.29) is 23.2 Å². The number of carbonyl (C=O) groups is 1. The van der Waals surface area contributed by atoms with Gasteiger partial charge in [-0.05, 0) is 31.3 Å². The number of nitrogens with zero attached hydrogens (tertiary/aromatic N) is 2. The molecule has 0 atom stereocenters. The lowest BCUT2D eigenvalue weighted by Gasteiger charge is -2.34. The van der Waals surface area contributed by atoms with Gasteiger partial charge in [0.1, 0.15) is 0 Å². The zero-order valence-corrected chi connectivity index (χ0v) is 15.3. The first kappa shape index (κ1) is 20.2. The molecule has 0 aliphatic carbocycles. The van der Waals surface area contributed by atoms with Gasteiger partial charge >= 0.3 is 0 Å². The van der Waals surface area contributed by atoms with Crippen LogP contribution in [0, 0.1) is 0 Å². The predicted molar refractivity (Wildman–Crippen MR) is 92.6 cm³/mol. The van der Waals surface area contributed by atoms with E-state index >= 15 is 0 Å². The molecule has 0 spiro atoms. The van der Waals surface area contributed by atoms with E-state index in [0.717, 1.165) is 0 Å². The Morgan fingerprint density at radius 3 is 2.26 bits per heavy atom. The number of piperazine rings is 1. The van der Waals surface area contributed by atoms with E-state index < -0.39 is 10.0 Å². The minimum Gasteiger partial charge on any atom is -0.340 e. The van der Waals surface area contributed by atoms with Crippen molar-refractivity contribution in [2.24, 2.45) is 0 Å². The number of rotatable bonds is 5. The van der Waals surface area contributed by atoms with Gasteiger partial charge in [-0.15, -0.1) is 12.4 Å². The number of benzene rings is 1. The fraction of sp³-hybridized carbons (Fsp3) is 0.500. The summed E-state index contributed by atoms with van der Waals surface area (Å²) >= 11 is 5.79. The molecule has 2 rings (SSSR count). The molecule has 0 radical (unpaired) electrons. The topological polar surface area (TPSA) is 69.7 Å². The number of carbonyl (C=O) groups excluding carboxylic acids is 1. The molecule has 23 heavy (non-hydrogen) atoms. The SMILES string of the molecule is CNCCC(=O)N1CCN(S(=O)(=O)c2ccc(Cl)cc2)CC1.Cl. The van der Waals surface area contributed by atoms with Crippen LogP contribution in [0.5, 0.6) is 0 Å². The van der Waals surface area contributed by atoms with E-state index in [1.807, 2.05) is 0 Å². The van der Waals surface area contributed by atoms with Crippen molar-refractivity contribution in [3.05, 3.63) is 29.3 Å². The van der Waals surface area contributed by atoms with Gasteiger partial charge < -0.3 is 10.2 Å². The Bertz CT molecular complexity index is 615. The summed E-state index contributed by atoms with van der Waals surface area (Å²) in [6, 6.07) is 6.13. The Kier molecular flexibility index (Phi) is 7.76. The molecule has 1 aromatic carbocycles. The van der Waals surface area contributed by atoms with Gasteiger partial charge in [0.2, 0.25) is 15.9 Å². The van der Waals surface area contributed by atoms with Crippen molar-refractivity contribution >= 4 is 39.9 Å². The zero-order chi connectivity index (χ0) is 16.2. The van der Waals surface area contributed by atoms with Crippen molar-refractivity contribution in [2.45, 2.75) is 11.3 Å². The number of amides is 1. The second-order valence-corrected chi connectivity index (χ2v) is 7.47. The summed E-state index contributed by atoms with van der Waals surface area (Å²) in [6.45, 7) is 2.11. The predicted octanol–water partition coefficient (Wildman–Crippen LogP) is 1.20. The Morgan fingerprint density at radius 1 is 1.17 bits per heavy atom. The zero-order valence-electron chi connectivity index (χ0n) is 12.9. The minimum atomic E-state index is -3.52. The van der Waals surface area contributed by atoms with Crippen LogP contribution in [0.1, 0.15) is 6.42 Å². The average Bonchev–Trinajstić information content (AvgIpc) is 2.53. The summed E-state index contributed by atoms with van der Waals surface area (Å²) in [7, 11) is -1.72. The molecule has 1 amide bonds. The smallest absolute Gasteiger partial charge is 0.243 e.